The molecule has 1 fully saturated rings. The van der Waals surface area contributed by atoms with Crippen molar-refractivity contribution in [3.8, 4) is 16.4 Å². The molecule has 2 aromatic heterocycles. The number of hydrogen-bond acceptors (Lipinski definition) is 6. The number of alkyl halides is 3. The first-order valence-electron chi connectivity index (χ1n) is 11.7. The zero-order chi connectivity index (χ0) is 26.0. The van der Waals surface area contributed by atoms with Crippen LogP contribution in [-0.4, -0.2) is 63.7 Å². The summed E-state index contributed by atoms with van der Waals surface area (Å²) in [7, 11) is 2.04. The Morgan fingerprint density at radius 3 is 2.51 bits per heavy atom. The number of piperazine rings is 1. The lowest BCUT2D eigenvalue weighted by molar-refractivity contribution is -0.137. The number of halogens is 3. The number of thiophene rings is 1. The maximum atomic E-state index is 13.4. The molecule has 0 unspecified atom stereocenters. The van der Waals surface area contributed by atoms with Gasteiger partial charge in [-0.3, -0.25) is 9.36 Å². The van der Waals surface area contributed by atoms with Gasteiger partial charge in [0.15, 0.2) is 11.0 Å². The third-order valence-electron chi connectivity index (χ3n) is 6.14. The van der Waals surface area contributed by atoms with E-state index < -0.39 is 11.7 Å². The van der Waals surface area contributed by atoms with E-state index in [9.17, 15) is 18.0 Å². The average Bonchev–Trinajstić information content (AvgIpc) is 3.57. The maximum absolute atomic E-state index is 13.4. The van der Waals surface area contributed by atoms with Gasteiger partial charge in [0.2, 0.25) is 0 Å². The Kier molecular flexibility index (Phi) is 7.36. The number of aromatic nitrogens is 3. The quantitative estimate of drug-likeness (QED) is 0.292. The number of nitrogens with zero attached hydrogens (tertiary/aromatic N) is 5. The number of likely N-dealkylation sites (N-methyl/N-ethyl adjacent to an activating group) is 1. The highest BCUT2D eigenvalue weighted by Gasteiger charge is 2.31. The standard InChI is InChI=1S/C26H24F3N5OS2/c1-32-10-12-33(13-11-32)24(35)19-6-2-5-18(15-19)17-37-25-31-30-23(22-9-4-14-36-22)34(25)21-8-3-7-20(16-21)26(27,28)29/h2-9,14-16H,10-13,17H2,1H3. The van der Waals surface area contributed by atoms with E-state index in [1.807, 2.05) is 53.7 Å². The molecule has 37 heavy (non-hydrogen) atoms. The van der Waals surface area contributed by atoms with Crippen molar-refractivity contribution in [2.75, 3.05) is 33.2 Å². The Balaban J connectivity index is 1.41. The van der Waals surface area contributed by atoms with Crippen LogP contribution in [0.5, 0.6) is 0 Å². The van der Waals surface area contributed by atoms with Gasteiger partial charge in [-0.1, -0.05) is 36.0 Å². The molecule has 6 nitrogen and oxygen atoms in total. The lowest BCUT2D eigenvalue weighted by Crippen LogP contribution is -2.47. The molecule has 3 heterocycles. The second-order valence-electron chi connectivity index (χ2n) is 8.75. The van der Waals surface area contributed by atoms with E-state index in [0.717, 1.165) is 35.7 Å². The molecule has 0 saturated carbocycles. The van der Waals surface area contributed by atoms with Gasteiger partial charge >= 0.3 is 6.18 Å². The predicted octanol–water partition coefficient (Wildman–Crippen LogP) is 5.69. The molecule has 0 aliphatic carbocycles. The van der Waals surface area contributed by atoms with E-state index in [-0.39, 0.29) is 5.91 Å². The van der Waals surface area contributed by atoms with Crippen LogP contribution in [0.15, 0.2) is 71.2 Å². The number of thioether (sulfide) groups is 1. The normalized spacial score (nSPS) is 14.8. The number of amides is 1. The van der Waals surface area contributed by atoms with Crippen LogP contribution in [0.4, 0.5) is 13.2 Å². The van der Waals surface area contributed by atoms with Gasteiger partial charge in [-0.05, 0) is 54.4 Å². The van der Waals surface area contributed by atoms with Crippen LogP contribution in [0, 0.1) is 0 Å². The molecule has 5 rings (SSSR count). The number of rotatable bonds is 6. The summed E-state index contributed by atoms with van der Waals surface area (Å²) in [4.78, 5) is 17.9. The monoisotopic (exact) mass is 543 g/mol. The van der Waals surface area contributed by atoms with Crippen molar-refractivity contribution >= 4 is 29.0 Å². The highest BCUT2D eigenvalue weighted by Crippen LogP contribution is 2.35. The number of carbonyl (C=O) groups excluding carboxylic acids is 1. The summed E-state index contributed by atoms with van der Waals surface area (Å²) in [5, 5.41) is 11.0. The Bertz CT molecular complexity index is 1380. The summed E-state index contributed by atoms with van der Waals surface area (Å²) in [6.45, 7) is 3.08. The van der Waals surface area contributed by atoms with Gasteiger partial charge in [0.25, 0.3) is 5.91 Å². The molecular weight excluding hydrogens is 519 g/mol. The van der Waals surface area contributed by atoms with E-state index in [1.54, 1.807) is 10.6 Å². The molecule has 1 aliphatic rings. The topological polar surface area (TPSA) is 54.3 Å². The second-order valence-corrected chi connectivity index (χ2v) is 10.6. The zero-order valence-electron chi connectivity index (χ0n) is 20.0. The summed E-state index contributed by atoms with van der Waals surface area (Å²) >= 11 is 2.81. The Morgan fingerprint density at radius 2 is 1.78 bits per heavy atom. The van der Waals surface area contributed by atoms with Gasteiger partial charge in [0.1, 0.15) is 0 Å². The molecule has 1 aliphatic heterocycles. The molecule has 11 heteroatoms. The minimum atomic E-state index is -4.46. The minimum absolute atomic E-state index is 0.00654. The van der Waals surface area contributed by atoms with Crippen LogP contribution in [-0.2, 0) is 11.9 Å². The van der Waals surface area contributed by atoms with Crippen molar-refractivity contribution in [1.29, 1.82) is 0 Å². The molecule has 0 atom stereocenters. The van der Waals surface area contributed by atoms with E-state index in [0.29, 0.717) is 41.1 Å². The van der Waals surface area contributed by atoms with Crippen molar-refractivity contribution in [3.63, 3.8) is 0 Å². The molecule has 1 saturated heterocycles. The molecule has 2 aromatic carbocycles. The third-order valence-corrected chi connectivity index (χ3v) is 8.00. The fourth-order valence-electron chi connectivity index (χ4n) is 4.12. The smallest absolute Gasteiger partial charge is 0.336 e. The Morgan fingerprint density at radius 1 is 1.00 bits per heavy atom. The lowest BCUT2D eigenvalue weighted by Gasteiger charge is -2.32. The van der Waals surface area contributed by atoms with Crippen LogP contribution in [0.2, 0.25) is 0 Å². The zero-order valence-corrected chi connectivity index (χ0v) is 21.6. The first-order valence-corrected chi connectivity index (χ1v) is 13.5. The van der Waals surface area contributed by atoms with Gasteiger partial charge in [-0.25, -0.2) is 0 Å². The molecule has 4 aromatic rings. The van der Waals surface area contributed by atoms with Gasteiger partial charge in [-0.15, -0.1) is 21.5 Å². The van der Waals surface area contributed by atoms with Crippen LogP contribution in [0.1, 0.15) is 21.5 Å². The summed E-state index contributed by atoms with van der Waals surface area (Å²) in [5.41, 5.74) is 1.15. The molecular formula is C26H24F3N5OS2. The first-order chi connectivity index (χ1) is 17.8. The molecule has 0 bridgehead atoms. The predicted molar refractivity (Wildman–Crippen MR) is 139 cm³/mol. The SMILES string of the molecule is CN1CCN(C(=O)c2cccc(CSc3nnc(-c4cccs4)n3-c3cccc(C(F)(F)F)c3)c2)CC1. The second kappa shape index (κ2) is 10.7. The lowest BCUT2D eigenvalue weighted by atomic mass is 10.1. The summed E-state index contributed by atoms with van der Waals surface area (Å²) in [6, 6.07) is 16.4. The van der Waals surface area contributed by atoms with Crippen molar-refractivity contribution in [1.82, 2.24) is 24.6 Å². The van der Waals surface area contributed by atoms with E-state index in [2.05, 4.69) is 15.1 Å². The van der Waals surface area contributed by atoms with Gasteiger partial charge in [-0.2, -0.15) is 13.2 Å². The highest BCUT2D eigenvalue weighted by molar-refractivity contribution is 7.98. The Hall–Kier alpha value is -3.15. The highest BCUT2D eigenvalue weighted by atomic mass is 32.2. The summed E-state index contributed by atoms with van der Waals surface area (Å²) in [5.74, 6) is 0.966. The van der Waals surface area contributed by atoms with Gasteiger partial charge < -0.3 is 9.80 Å². The van der Waals surface area contributed by atoms with E-state index >= 15 is 0 Å². The fraction of sp³-hybridized carbons (Fsp3) is 0.269. The van der Waals surface area contributed by atoms with Crippen molar-refractivity contribution in [3.05, 3.63) is 82.7 Å². The molecule has 0 spiro atoms. The van der Waals surface area contributed by atoms with Crippen molar-refractivity contribution < 1.29 is 18.0 Å². The van der Waals surface area contributed by atoms with Crippen LogP contribution in [0.3, 0.4) is 0 Å². The van der Waals surface area contributed by atoms with Crippen LogP contribution in [0.25, 0.3) is 16.4 Å². The molecule has 192 valence electrons. The van der Waals surface area contributed by atoms with E-state index in [1.165, 1.54) is 29.2 Å². The van der Waals surface area contributed by atoms with Gasteiger partial charge in [0.05, 0.1) is 16.1 Å². The first kappa shape index (κ1) is 25.5. The maximum Gasteiger partial charge on any atom is 0.416 e. The number of benzene rings is 2. The summed E-state index contributed by atoms with van der Waals surface area (Å²) < 4.78 is 42.0. The van der Waals surface area contributed by atoms with Crippen molar-refractivity contribution in [2.45, 2.75) is 17.1 Å². The van der Waals surface area contributed by atoms with Gasteiger partial charge in [0, 0.05) is 37.5 Å². The largest absolute Gasteiger partial charge is 0.416 e. The molecule has 0 radical (unpaired) electrons. The average molecular weight is 544 g/mol. The van der Waals surface area contributed by atoms with Crippen LogP contribution >= 0.6 is 23.1 Å². The third kappa shape index (κ3) is 5.73. The minimum Gasteiger partial charge on any atom is -0.336 e. The fourth-order valence-corrected chi connectivity index (χ4v) is 5.71. The number of carbonyl (C=O) groups is 1. The molecule has 0 N–H and O–H groups in total. The summed E-state index contributed by atoms with van der Waals surface area (Å²) in [6.07, 6.45) is -4.46. The number of hydrogen-bond donors (Lipinski definition) is 0. The Labute approximate surface area is 220 Å². The van der Waals surface area contributed by atoms with Crippen molar-refractivity contribution in [2.24, 2.45) is 0 Å². The molecule has 1 amide bonds. The van der Waals surface area contributed by atoms with E-state index in [4.69, 9.17) is 0 Å². The van der Waals surface area contributed by atoms with Crippen LogP contribution < -0.4 is 0 Å².